The van der Waals surface area contributed by atoms with E-state index in [1.807, 2.05) is 0 Å². The number of benzene rings is 1. The van der Waals surface area contributed by atoms with Gasteiger partial charge in [0.1, 0.15) is 0 Å². The van der Waals surface area contributed by atoms with Crippen LogP contribution in [0.1, 0.15) is 37.4 Å². The fraction of sp³-hybridized carbons (Fsp3) is 0.647. The fourth-order valence-electron chi connectivity index (χ4n) is 2.78. The molecule has 20 heavy (non-hydrogen) atoms. The van der Waals surface area contributed by atoms with Crippen molar-refractivity contribution in [1.82, 2.24) is 9.80 Å². The number of hydrogen-bond acceptors (Lipinski definition) is 3. The zero-order valence-electron chi connectivity index (χ0n) is 13.8. The number of nitrogens with zero attached hydrogens (tertiary/aromatic N) is 2. The summed E-state index contributed by atoms with van der Waals surface area (Å²) < 4.78 is 0. The van der Waals surface area contributed by atoms with E-state index in [1.54, 1.807) is 0 Å². The Hall–Kier alpha value is -0.900. The van der Waals surface area contributed by atoms with E-state index in [4.69, 9.17) is 5.73 Å². The van der Waals surface area contributed by atoms with Crippen molar-refractivity contribution in [2.45, 2.75) is 39.3 Å². The van der Waals surface area contributed by atoms with E-state index >= 15 is 0 Å². The van der Waals surface area contributed by atoms with Crippen LogP contribution in [-0.2, 0) is 0 Å². The summed E-state index contributed by atoms with van der Waals surface area (Å²) in [7, 11) is 4.25. The average molecular weight is 277 g/mol. The number of nitrogens with two attached hydrogens (primary N) is 1. The molecule has 0 spiro atoms. The van der Waals surface area contributed by atoms with Crippen LogP contribution in [0.25, 0.3) is 0 Å². The van der Waals surface area contributed by atoms with Gasteiger partial charge in [0.15, 0.2) is 0 Å². The van der Waals surface area contributed by atoms with Gasteiger partial charge in [0.05, 0.1) is 0 Å². The molecular weight excluding hydrogens is 246 g/mol. The van der Waals surface area contributed by atoms with Crippen molar-refractivity contribution < 1.29 is 0 Å². The summed E-state index contributed by atoms with van der Waals surface area (Å²) in [5, 5.41) is 0. The summed E-state index contributed by atoms with van der Waals surface area (Å²) in [6.07, 6.45) is 1.18. The Kier molecular flexibility index (Phi) is 7.20. The molecule has 2 N–H and O–H groups in total. The molecule has 3 nitrogen and oxygen atoms in total. The first-order valence-electron chi connectivity index (χ1n) is 7.66. The molecule has 1 rings (SSSR count). The van der Waals surface area contributed by atoms with Gasteiger partial charge in [0.2, 0.25) is 0 Å². The topological polar surface area (TPSA) is 32.5 Å². The molecule has 0 aromatic heterocycles. The molecular formula is C17H31N3. The molecule has 0 saturated carbocycles. The highest BCUT2D eigenvalue weighted by molar-refractivity contribution is 5.26. The van der Waals surface area contributed by atoms with Gasteiger partial charge in [-0.2, -0.15) is 0 Å². The van der Waals surface area contributed by atoms with Crippen LogP contribution in [0.4, 0.5) is 0 Å². The molecule has 0 aliphatic rings. The second-order valence-electron chi connectivity index (χ2n) is 6.00. The maximum absolute atomic E-state index is 6.27. The number of hydrogen-bond donors (Lipinski definition) is 1. The highest BCUT2D eigenvalue weighted by Crippen LogP contribution is 2.24. The maximum Gasteiger partial charge on any atom is 0.0496 e. The lowest BCUT2D eigenvalue weighted by atomic mass is 9.97. The Bertz CT molecular complexity index is 388. The Labute approximate surface area is 124 Å². The summed E-state index contributed by atoms with van der Waals surface area (Å²) in [6.45, 7) is 9.73. The summed E-state index contributed by atoms with van der Waals surface area (Å²) >= 11 is 0. The lowest BCUT2D eigenvalue weighted by Crippen LogP contribution is -2.40. The largest absolute Gasteiger partial charge is 0.326 e. The Morgan fingerprint density at radius 2 is 1.90 bits per heavy atom. The van der Waals surface area contributed by atoms with E-state index in [9.17, 15) is 0 Å². The van der Waals surface area contributed by atoms with E-state index in [0.29, 0.717) is 6.04 Å². The minimum Gasteiger partial charge on any atom is -0.326 e. The lowest BCUT2D eigenvalue weighted by molar-refractivity contribution is 0.177. The van der Waals surface area contributed by atoms with Gasteiger partial charge < -0.3 is 10.6 Å². The third-order valence-electron chi connectivity index (χ3n) is 3.73. The molecule has 1 aromatic carbocycles. The van der Waals surface area contributed by atoms with E-state index in [0.717, 1.165) is 19.6 Å². The van der Waals surface area contributed by atoms with Crippen molar-refractivity contribution in [3.8, 4) is 0 Å². The normalized spacial score (nSPS) is 14.8. The zero-order chi connectivity index (χ0) is 15.1. The predicted octanol–water partition coefficient (Wildman–Crippen LogP) is 2.66. The molecule has 0 heterocycles. The standard InChI is InChI=1S/C17H31N3/c1-6-20(12-8-11-19(4)5)17(15(3)18)16-10-7-9-14(2)13-16/h7,9-10,13,15,17H,6,8,11-12,18H2,1-5H3. The smallest absolute Gasteiger partial charge is 0.0496 e. The third-order valence-corrected chi connectivity index (χ3v) is 3.73. The Morgan fingerprint density at radius 1 is 1.20 bits per heavy atom. The minimum absolute atomic E-state index is 0.135. The molecule has 2 unspecified atom stereocenters. The van der Waals surface area contributed by atoms with Crippen LogP contribution in [-0.4, -0.2) is 49.6 Å². The van der Waals surface area contributed by atoms with Gasteiger partial charge in [-0.1, -0.05) is 36.8 Å². The van der Waals surface area contributed by atoms with Gasteiger partial charge >= 0.3 is 0 Å². The van der Waals surface area contributed by atoms with Gasteiger partial charge in [-0.3, -0.25) is 4.90 Å². The third kappa shape index (κ3) is 5.23. The van der Waals surface area contributed by atoms with Crippen LogP contribution >= 0.6 is 0 Å². The Morgan fingerprint density at radius 3 is 2.40 bits per heavy atom. The molecule has 0 radical (unpaired) electrons. The van der Waals surface area contributed by atoms with Crippen LogP contribution < -0.4 is 5.73 Å². The Balaban J connectivity index is 2.82. The van der Waals surface area contributed by atoms with Crippen molar-refractivity contribution in [1.29, 1.82) is 0 Å². The highest BCUT2D eigenvalue weighted by Gasteiger charge is 2.22. The molecule has 114 valence electrons. The first kappa shape index (κ1) is 17.2. The minimum atomic E-state index is 0.135. The van der Waals surface area contributed by atoms with Gasteiger partial charge in [-0.05, 0) is 53.0 Å². The van der Waals surface area contributed by atoms with Crippen LogP contribution in [0, 0.1) is 6.92 Å². The zero-order valence-corrected chi connectivity index (χ0v) is 13.8. The first-order valence-corrected chi connectivity index (χ1v) is 7.66. The van der Waals surface area contributed by atoms with E-state index in [-0.39, 0.29) is 6.04 Å². The molecule has 0 aliphatic heterocycles. The van der Waals surface area contributed by atoms with Gasteiger partial charge in [0, 0.05) is 18.6 Å². The number of aryl methyl sites for hydroxylation is 1. The quantitative estimate of drug-likeness (QED) is 0.793. The molecule has 0 fully saturated rings. The van der Waals surface area contributed by atoms with Crippen LogP contribution in [0.15, 0.2) is 24.3 Å². The van der Waals surface area contributed by atoms with Crippen molar-refractivity contribution in [2.24, 2.45) is 5.73 Å². The van der Waals surface area contributed by atoms with Crippen molar-refractivity contribution in [3.05, 3.63) is 35.4 Å². The maximum atomic E-state index is 6.27. The predicted molar refractivity (Wildman–Crippen MR) is 88.0 cm³/mol. The SMILES string of the molecule is CCN(CCCN(C)C)C(c1cccc(C)c1)C(C)N. The number of rotatable bonds is 8. The van der Waals surface area contributed by atoms with Crippen LogP contribution in [0.3, 0.4) is 0 Å². The number of likely N-dealkylation sites (N-methyl/N-ethyl adjacent to an activating group) is 1. The molecule has 0 bridgehead atoms. The van der Waals surface area contributed by atoms with E-state index in [1.165, 1.54) is 17.5 Å². The van der Waals surface area contributed by atoms with Gasteiger partial charge in [0.25, 0.3) is 0 Å². The van der Waals surface area contributed by atoms with Gasteiger partial charge in [-0.25, -0.2) is 0 Å². The summed E-state index contributed by atoms with van der Waals surface area (Å²) in [6, 6.07) is 9.19. The van der Waals surface area contributed by atoms with Crippen LogP contribution in [0.5, 0.6) is 0 Å². The second kappa shape index (κ2) is 8.40. The van der Waals surface area contributed by atoms with E-state index in [2.05, 4.69) is 68.9 Å². The summed E-state index contributed by atoms with van der Waals surface area (Å²) in [5.74, 6) is 0. The summed E-state index contributed by atoms with van der Waals surface area (Å²) in [4.78, 5) is 4.74. The molecule has 2 atom stereocenters. The molecule has 3 heteroatoms. The molecule has 0 saturated heterocycles. The lowest BCUT2D eigenvalue weighted by Gasteiger charge is -2.34. The van der Waals surface area contributed by atoms with Crippen molar-refractivity contribution >= 4 is 0 Å². The first-order chi connectivity index (χ1) is 9.45. The fourth-order valence-corrected chi connectivity index (χ4v) is 2.78. The summed E-state index contributed by atoms with van der Waals surface area (Å²) in [5.41, 5.74) is 8.92. The second-order valence-corrected chi connectivity index (χ2v) is 6.00. The van der Waals surface area contributed by atoms with Gasteiger partial charge in [-0.15, -0.1) is 0 Å². The van der Waals surface area contributed by atoms with Crippen molar-refractivity contribution in [2.75, 3.05) is 33.7 Å². The van der Waals surface area contributed by atoms with Crippen molar-refractivity contribution in [3.63, 3.8) is 0 Å². The highest BCUT2D eigenvalue weighted by atomic mass is 15.2. The molecule has 0 aliphatic carbocycles. The average Bonchev–Trinajstić information content (AvgIpc) is 2.36. The van der Waals surface area contributed by atoms with E-state index < -0.39 is 0 Å². The van der Waals surface area contributed by atoms with Crippen LogP contribution in [0.2, 0.25) is 0 Å². The molecule has 0 amide bonds. The monoisotopic (exact) mass is 277 g/mol. The molecule has 1 aromatic rings.